The van der Waals surface area contributed by atoms with Crippen LogP contribution in [0.3, 0.4) is 0 Å². The minimum Gasteiger partial charge on any atom is -0.387 e. The Morgan fingerprint density at radius 1 is 1.43 bits per heavy atom. The Morgan fingerprint density at radius 2 is 2.29 bits per heavy atom. The molecule has 2 bridgehead atoms. The summed E-state index contributed by atoms with van der Waals surface area (Å²) in [6.07, 6.45) is 5.60. The molecule has 0 radical (unpaired) electrons. The van der Waals surface area contributed by atoms with Crippen molar-refractivity contribution in [2.45, 2.75) is 31.0 Å². The molecule has 74 valence electrons. The molecule has 2 aliphatic rings. The van der Waals surface area contributed by atoms with Crippen LogP contribution in [0.1, 0.15) is 36.1 Å². The van der Waals surface area contributed by atoms with Gasteiger partial charge in [-0.05, 0) is 37.1 Å². The van der Waals surface area contributed by atoms with E-state index in [9.17, 15) is 5.11 Å². The first-order valence-corrected chi connectivity index (χ1v) is 5.13. The van der Waals surface area contributed by atoms with Gasteiger partial charge in [-0.1, -0.05) is 0 Å². The molecule has 1 N–H and O–H groups in total. The second kappa shape index (κ2) is 2.78. The van der Waals surface area contributed by atoms with Crippen molar-refractivity contribution in [2.75, 3.05) is 7.05 Å². The zero-order valence-electron chi connectivity index (χ0n) is 8.22. The van der Waals surface area contributed by atoms with Gasteiger partial charge in [-0.25, -0.2) is 0 Å². The van der Waals surface area contributed by atoms with Crippen molar-refractivity contribution in [3.05, 3.63) is 29.6 Å². The number of aromatic nitrogens is 1. The molecule has 14 heavy (non-hydrogen) atoms. The molecule has 0 aliphatic carbocycles. The SMILES string of the molecule is CN1[C@@H]2CC[C@H]1c1cnccc1[C@H]2O. The molecule has 1 saturated heterocycles. The average Bonchev–Trinajstić information content (AvgIpc) is 2.51. The van der Waals surface area contributed by atoms with E-state index in [1.807, 2.05) is 12.3 Å². The van der Waals surface area contributed by atoms with Crippen molar-refractivity contribution in [2.24, 2.45) is 0 Å². The molecule has 3 heteroatoms. The smallest absolute Gasteiger partial charge is 0.0949 e. The fourth-order valence-corrected chi connectivity index (χ4v) is 2.89. The van der Waals surface area contributed by atoms with Crippen molar-refractivity contribution in [1.82, 2.24) is 9.88 Å². The first-order valence-electron chi connectivity index (χ1n) is 5.13. The van der Waals surface area contributed by atoms with Gasteiger partial charge >= 0.3 is 0 Å². The summed E-state index contributed by atoms with van der Waals surface area (Å²) in [6.45, 7) is 0. The summed E-state index contributed by atoms with van der Waals surface area (Å²) in [5.74, 6) is 0. The quantitative estimate of drug-likeness (QED) is 0.669. The third-order valence-corrected chi connectivity index (χ3v) is 3.68. The Bertz CT molecular complexity index is 366. The van der Waals surface area contributed by atoms with E-state index in [4.69, 9.17) is 0 Å². The normalized spacial score (nSPS) is 35.7. The predicted octanol–water partition coefficient (Wildman–Crippen LogP) is 1.26. The molecule has 3 nitrogen and oxygen atoms in total. The lowest BCUT2D eigenvalue weighted by Gasteiger charge is -2.36. The molecule has 0 unspecified atom stereocenters. The van der Waals surface area contributed by atoms with Gasteiger partial charge in [0.25, 0.3) is 0 Å². The first-order chi connectivity index (χ1) is 6.79. The monoisotopic (exact) mass is 190 g/mol. The maximum absolute atomic E-state index is 10.1. The molecule has 0 saturated carbocycles. The van der Waals surface area contributed by atoms with Gasteiger partial charge in [0.05, 0.1) is 6.10 Å². The highest BCUT2D eigenvalue weighted by molar-refractivity contribution is 5.34. The molecule has 3 heterocycles. The molecule has 3 rings (SSSR count). The highest BCUT2D eigenvalue weighted by Crippen LogP contribution is 2.46. The predicted molar refractivity (Wildman–Crippen MR) is 52.7 cm³/mol. The summed E-state index contributed by atoms with van der Waals surface area (Å²) in [7, 11) is 2.10. The number of hydrogen-bond acceptors (Lipinski definition) is 3. The van der Waals surface area contributed by atoms with E-state index in [0.717, 1.165) is 18.4 Å². The Kier molecular flexibility index (Phi) is 1.66. The molecule has 0 spiro atoms. The van der Waals surface area contributed by atoms with Crippen LogP contribution in [-0.2, 0) is 0 Å². The molecule has 1 aromatic rings. The zero-order valence-corrected chi connectivity index (χ0v) is 8.22. The van der Waals surface area contributed by atoms with Crippen LogP contribution >= 0.6 is 0 Å². The van der Waals surface area contributed by atoms with Crippen molar-refractivity contribution >= 4 is 0 Å². The van der Waals surface area contributed by atoms with Crippen LogP contribution in [0.15, 0.2) is 18.5 Å². The zero-order chi connectivity index (χ0) is 9.71. The minimum absolute atomic E-state index is 0.315. The van der Waals surface area contributed by atoms with E-state index < -0.39 is 0 Å². The molecule has 3 atom stereocenters. The maximum Gasteiger partial charge on any atom is 0.0949 e. The van der Waals surface area contributed by atoms with E-state index in [2.05, 4.69) is 16.9 Å². The van der Waals surface area contributed by atoms with E-state index in [-0.39, 0.29) is 6.10 Å². The topological polar surface area (TPSA) is 36.4 Å². The molecule has 1 fully saturated rings. The summed E-state index contributed by atoms with van der Waals surface area (Å²) < 4.78 is 0. The first kappa shape index (κ1) is 8.38. The van der Waals surface area contributed by atoms with Gasteiger partial charge in [-0.15, -0.1) is 0 Å². The van der Waals surface area contributed by atoms with Crippen LogP contribution in [-0.4, -0.2) is 28.1 Å². The molecule has 2 aliphatic heterocycles. The van der Waals surface area contributed by atoms with Crippen LogP contribution in [0.25, 0.3) is 0 Å². The van der Waals surface area contributed by atoms with Gasteiger partial charge in [-0.3, -0.25) is 9.88 Å². The van der Waals surface area contributed by atoms with E-state index in [1.54, 1.807) is 6.20 Å². The Balaban J connectivity index is 2.17. The summed E-state index contributed by atoms with van der Waals surface area (Å²) in [5, 5.41) is 10.1. The standard InChI is InChI=1S/C11H14N2O/c1-13-9-2-3-10(13)11(14)7-4-5-12-6-8(7)9/h4-6,9-11,14H,2-3H2,1H3/t9-,10+,11+/m0/s1. The third kappa shape index (κ3) is 0.913. The number of aliphatic hydroxyl groups is 1. The fourth-order valence-electron chi connectivity index (χ4n) is 2.89. The lowest BCUT2D eigenvalue weighted by atomic mass is 9.93. The van der Waals surface area contributed by atoms with Crippen LogP contribution in [0.4, 0.5) is 0 Å². The Labute approximate surface area is 83.4 Å². The van der Waals surface area contributed by atoms with Gasteiger partial charge in [0.1, 0.15) is 0 Å². The number of nitrogens with zero attached hydrogens (tertiary/aromatic N) is 2. The lowest BCUT2D eigenvalue weighted by molar-refractivity contribution is 0.0555. The molecule has 1 aromatic heterocycles. The maximum atomic E-state index is 10.1. The highest BCUT2D eigenvalue weighted by atomic mass is 16.3. The molecular weight excluding hydrogens is 176 g/mol. The van der Waals surface area contributed by atoms with Crippen LogP contribution in [0.2, 0.25) is 0 Å². The Hall–Kier alpha value is -0.930. The van der Waals surface area contributed by atoms with Gasteiger partial charge in [0.15, 0.2) is 0 Å². The van der Waals surface area contributed by atoms with Gasteiger partial charge in [0, 0.05) is 24.5 Å². The van der Waals surface area contributed by atoms with Crippen molar-refractivity contribution in [1.29, 1.82) is 0 Å². The van der Waals surface area contributed by atoms with Gasteiger partial charge in [0.2, 0.25) is 0 Å². The number of likely N-dealkylation sites (N-methyl/N-ethyl adjacent to an activating group) is 1. The Morgan fingerprint density at radius 3 is 3.14 bits per heavy atom. The summed E-state index contributed by atoms with van der Waals surface area (Å²) in [5.41, 5.74) is 2.31. The number of fused-ring (bicyclic) bond motifs is 4. The summed E-state index contributed by atoms with van der Waals surface area (Å²) in [6, 6.07) is 2.75. The van der Waals surface area contributed by atoms with E-state index in [1.165, 1.54) is 5.56 Å². The number of aliphatic hydroxyl groups excluding tert-OH is 1. The summed E-state index contributed by atoms with van der Waals surface area (Å²) >= 11 is 0. The van der Waals surface area contributed by atoms with Crippen molar-refractivity contribution in [3.8, 4) is 0 Å². The second-order valence-corrected chi connectivity index (χ2v) is 4.28. The molecule has 0 amide bonds. The van der Waals surface area contributed by atoms with Crippen LogP contribution in [0.5, 0.6) is 0 Å². The highest BCUT2D eigenvalue weighted by Gasteiger charge is 2.42. The largest absolute Gasteiger partial charge is 0.387 e. The summed E-state index contributed by atoms with van der Waals surface area (Å²) in [4.78, 5) is 6.43. The number of hydrogen-bond donors (Lipinski definition) is 1. The lowest BCUT2D eigenvalue weighted by Crippen LogP contribution is -2.37. The number of pyridine rings is 1. The van der Waals surface area contributed by atoms with Crippen LogP contribution in [0, 0.1) is 0 Å². The van der Waals surface area contributed by atoms with Crippen molar-refractivity contribution in [3.63, 3.8) is 0 Å². The fraction of sp³-hybridized carbons (Fsp3) is 0.545. The van der Waals surface area contributed by atoms with E-state index >= 15 is 0 Å². The van der Waals surface area contributed by atoms with Gasteiger partial charge in [-0.2, -0.15) is 0 Å². The third-order valence-electron chi connectivity index (χ3n) is 3.68. The minimum atomic E-state index is -0.322. The molecular formula is C11H14N2O. The van der Waals surface area contributed by atoms with E-state index in [0.29, 0.717) is 12.1 Å². The van der Waals surface area contributed by atoms with Crippen LogP contribution < -0.4 is 0 Å². The second-order valence-electron chi connectivity index (χ2n) is 4.28. The average molecular weight is 190 g/mol. The number of rotatable bonds is 0. The van der Waals surface area contributed by atoms with Crippen molar-refractivity contribution < 1.29 is 5.11 Å². The van der Waals surface area contributed by atoms with Gasteiger partial charge < -0.3 is 5.11 Å². The molecule has 0 aromatic carbocycles.